The van der Waals surface area contributed by atoms with Crippen molar-refractivity contribution in [3.63, 3.8) is 0 Å². The van der Waals surface area contributed by atoms with Crippen molar-refractivity contribution in [2.45, 2.75) is 129 Å². The van der Waals surface area contributed by atoms with E-state index in [0.29, 0.717) is 6.54 Å². The maximum atomic E-state index is 10.8. The van der Waals surface area contributed by atoms with Crippen molar-refractivity contribution in [3.8, 4) is 0 Å². The summed E-state index contributed by atoms with van der Waals surface area (Å²) in [6.45, 7) is 2.86. The van der Waals surface area contributed by atoms with Gasteiger partial charge in [-0.15, -0.1) is 0 Å². The van der Waals surface area contributed by atoms with Crippen molar-refractivity contribution >= 4 is 0 Å². The zero-order chi connectivity index (χ0) is 17.3. The van der Waals surface area contributed by atoms with Crippen LogP contribution in [0.15, 0.2) is 5.18 Å². The highest BCUT2D eigenvalue weighted by atomic mass is 16.3. The van der Waals surface area contributed by atoms with Gasteiger partial charge in [-0.25, -0.2) is 0 Å². The third-order valence-electron chi connectivity index (χ3n) is 6.12. The average Bonchev–Trinajstić information content (AvgIpc) is 2.60. The molecule has 0 bridgehead atoms. The van der Waals surface area contributed by atoms with Crippen LogP contribution >= 0.6 is 0 Å². The van der Waals surface area contributed by atoms with Gasteiger partial charge >= 0.3 is 0 Å². The summed E-state index contributed by atoms with van der Waals surface area (Å²) in [4.78, 5) is 10.8. The lowest BCUT2D eigenvalue weighted by Gasteiger charge is -2.35. The zero-order valence-corrected chi connectivity index (χ0v) is 16.5. The summed E-state index contributed by atoms with van der Waals surface area (Å²) >= 11 is 0. The van der Waals surface area contributed by atoms with E-state index in [-0.39, 0.29) is 5.41 Å². The molecule has 0 saturated heterocycles. The van der Waals surface area contributed by atoms with Crippen molar-refractivity contribution < 1.29 is 0 Å². The average molecular weight is 338 g/mol. The number of nitroso groups, excluding NO2 is 1. The van der Waals surface area contributed by atoms with E-state index in [1.54, 1.807) is 0 Å². The first-order valence-corrected chi connectivity index (χ1v) is 11.1. The van der Waals surface area contributed by atoms with E-state index in [4.69, 9.17) is 0 Å². The van der Waals surface area contributed by atoms with Gasteiger partial charge in [0.1, 0.15) is 0 Å². The molecular weight excluding hydrogens is 294 g/mol. The van der Waals surface area contributed by atoms with E-state index in [0.717, 1.165) is 0 Å². The molecular formula is C22H43NO. The van der Waals surface area contributed by atoms with Crippen LogP contribution < -0.4 is 0 Å². The van der Waals surface area contributed by atoms with Gasteiger partial charge in [-0.2, -0.15) is 4.91 Å². The van der Waals surface area contributed by atoms with Gasteiger partial charge in [0.25, 0.3) is 0 Å². The minimum absolute atomic E-state index is 0.289. The minimum Gasteiger partial charge on any atom is -0.151 e. The molecule has 0 aliphatic heterocycles. The highest BCUT2D eigenvalue weighted by Crippen LogP contribution is 2.41. The molecule has 0 heterocycles. The quantitative estimate of drug-likeness (QED) is 0.206. The fraction of sp³-hybridized carbons (Fsp3) is 1.00. The Bertz CT molecular complexity index is 284. The standard InChI is InChI=1S/C22H43NO/c1-2-3-4-5-6-7-8-9-10-11-12-13-15-18-22(21-23-24)19-16-14-17-20-22/h2-21H2,1H3. The third kappa shape index (κ3) is 10.5. The molecule has 1 aliphatic rings. The summed E-state index contributed by atoms with van der Waals surface area (Å²) < 4.78 is 0. The van der Waals surface area contributed by atoms with Gasteiger partial charge < -0.3 is 0 Å². The van der Waals surface area contributed by atoms with E-state index in [9.17, 15) is 4.91 Å². The van der Waals surface area contributed by atoms with Crippen molar-refractivity contribution in [1.29, 1.82) is 0 Å². The highest BCUT2D eigenvalue weighted by molar-refractivity contribution is 4.84. The Balaban J connectivity index is 1.88. The molecule has 0 spiro atoms. The molecule has 142 valence electrons. The Morgan fingerprint density at radius 2 is 1.12 bits per heavy atom. The second-order valence-corrected chi connectivity index (χ2v) is 8.34. The van der Waals surface area contributed by atoms with Crippen molar-refractivity contribution in [1.82, 2.24) is 0 Å². The highest BCUT2D eigenvalue weighted by Gasteiger charge is 2.31. The fourth-order valence-corrected chi connectivity index (χ4v) is 4.44. The number of rotatable bonds is 16. The maximum Gasteiger partial charge on any atom is 0.0867 e. The van der Waals surface area contributed by atoms with E-state index >= 15 is 0 Å². The molecule has 0 unspecified atom stereocenters. The number of hydrogen-bond acceptors (Lipinski definition) is 2. The Hall–Kier alpha value is -0.400. The Morgan fingerprint density at radius 1 is 0.667 bits per heavy atom. The van der Waals surface area contributed by atoms with Crippen LogP contribution in [-0.2, 0) is 0 Å². The molecule has 0 aromatic heterocycles. The molecule has 1 rings (SSSR count). The van der Waals surface area contributed by atoms with Crippen LogP contribution in [0.3, 0.4) is 0 Å². The van der Waals surface area contributed by atoms with Crippen LogP contribution in [0.1, 0.15) is 129 Å². The molecule has 0 atom stereocenters. The van der Waals surface area contributed by atoms with E-state index in [1.165, 1.54) is 122 Å². The van der Waals surface area contributed by atoms with Crippen molar-refractivity contribution in [2.24, 2.45) is 10.6 Å². The minimum atomic E-state index is 0.289. The van der Waals surface area contributed by atoms with E-state index in [1.807, 2.05) is 0 Å². The topological polar surface area (TPSA) is 29.4 Å². The predicted octanol–water partition coefficient (Wildman–Crippen LogP) is 8.18. The summed E-state index contributed by atoms with van der Waals surface area (Å²) in [6.07, 6.45) is 26.1. The van der Waals surface area contributed by atoms with Crippen LogP contribution in [0.25, 0.3) is 0 Å². The van der Waals surface area contributed by atoms with Crippen molar-refractivity contribution in [2.75, 3.05) is 6.54 Å². The fourth-order valence-electron chi connectivity index (χ4n) is 4.44. The van der Waals surface area contributed by atoms with Gasteiger partial charge in [-0.3, -0.25) is 0 Å². The van der Waals surface area contributed by atoms with Gasteiger partial charge in [0.05, 0.1) is 6.54 Å². The molecule has 0 aromatic rings. The first-order chi connectivity index (χ1) is 11.8. The monoisotopic (exact) mass is 337 g/mol. The van der Waals surface area contributed by atoms with Gasteiger partial charge in [0.15, 0.2) is 0 Å². The molecule has 0 aromatic carbocycles. The van der Waals surface area contributed by atoms with E-state index < -0.39 is 0 Å². The molecule has 24 heavy (non-hydrogen) atoms. The molecule has 2 nitrogen and oxygen atoms in total. The molecule has 0 amide bonds. The lowest BCUT2D eigenvalue weighted by molar-refractivity contribution is 0.176. The summed E-state index contributed by atoms with van der Waals surface area (Å²) in [6, 6.07) is 0. The summed E-state index contributed by atoms with van der Waals surface area (Å²) in [5.41, 5.74) is 0.289. The molecule has 1 aliphatic carbocycles. The van der Waals surface area contributed by atoms with Gasteiger partial charge in [0.2, 0.25) is 0 Å². The molecule has 0 N–H and O–H groups in total. The third-order valence-corrected chi connectivity index (χ3v) is 6.12. The Labute approximate surface area is 151 Å². The van der Waals surface area contributed by atoms with Gasteiger partial charge in [-0.05, 0) is 24.7 Å². The second-order valence-electron chi connectivity index (χ2n) is 8.34. The van der Waals surface area contributed by atoms with Crippen LogP contribution in [0.5, 0.6) is 0 Å². The zero-order valence-electron chi connectivity index (χ0n) is 16.5. The first kappa shape index (κ1) is 21.6. The lowest BCUT2D eigenvalue weighted by Crippen LogP contribution is -2.27. The summed E-state index contributed by atoms with van der Waals surface area (Å²) in [7, 11) is 0. The molecule has 1 fully saturated rings. The number of nitrogens with zero attached hydrogens (tertiary/aromatic N) is 1. The largest absolute Gasteiger partial charge is 0.151 e. The lowest BCUT2D eigenvalue weighted by atomic mass is 9.71. The van der Waals surface area contributed by atoms with E-state index in [2.05, 4.69) is 12.1 Å². The Morgan fingerprint density at radius 3 is 1.58 bits per heavy atom. The van der Waals surface area contributed by atoms with Gasteiger partial charge in [0, 0.05) is 0 Å². The SMILES string of the molecule is CCCCCCCCCCCCCCCC1(CN=O)CCCCC1. The van der Waals surface area contributed by atoms with Crippen LogP contribution in [0.2, 0.25) is 0 Å². The van der Waals surface area contributed by atoms with Crippen LogP contribution in [0, 0.1) is 10.3 Å². The maximum absolute atomic E-state index is 10.8. The number of unbranched alkanes of at least 4 members (excludes halogenated alkanes) is 12. The molecule has 1 saturated carbocycles. The normalized spacial score (nSPS) is 17.0. The second kappa shape index (κ2) is 14.9. The van der Waals surface area contributed by atoms with Crippen LogP contribution in [-0.4, -0.2) is 6.54 Å². The predicted molar refractivity (Wildman–Crippen MR) is 106 cm³/mol. The summed E-state index contributed by atoms with van der Waals surface area (Å²) in [5.74, 6) is 0. The molecule has 0 radical (unpaired) electrons. The van der Waals surface area contributed by atoms with Crippen LogP contribution in [0.4, 0.5) is 0 Å². The van der Waals surface area contributed by atoms with Crippen molar-refractivity contribution in [3.05, 3.63) is 4.91 Å². The summed E-state index contributed by atoms with van der Waals surface area (Å²) in [5, 5.41) is 3.26. The number of hydrogen-bond donors (Lipinski definition) is 0. The Kier molecular flexibility index (Phi) is 13.4. The molecule has 2 heteroatoms. The smallest absolute Gasteiger partial charge is 0.0867 e. The van der Waals surface area contributed by atoms with Gasteiger partial charge in [-0.1, -0.05) is 115 Å². The first-order valence-electron chi connectivity index (χ1n) is 11.1.